The molecule has 1 aromatic rings. The van der Waals surface area contributed by atoms with Gasteiger partial charge in [-0.2, -0.15) is 0 Å². The highest BCUT2D eigenvalue weighted by molar-refractivity contribution is 7.91. The molecule has 1 heterocycles. The van der Waals surface area contributed by atoms with Crippen molar-refractivity contribution in [1.29, 1.82) is 0 Å². The van der Waals surface area contributed by atoms with Crippen LogP contribution in [0.25, 0.3) is 0 Å². The summed E-state index contributed by atoms with van der Waals surface area (Å²) in [7, 11) is -3.05. The predicted octanol–water partition coefficient (Wildman–Crippen LogP) is 2.56. The maximum atomic E-state index is 13.4. The van der Waals surface area contributed by atoms with Gasteiger partial charge in [-0.3, -0.25) is 4.79 Å². The highest BCUT2D eigenvalue weighted by Crippen LogP contribution is 2.21. The summed E-state index contributed by atoms with van der Waals surface area (Å²) in [6, 6.07) is 4.01. The van der Waals surface area contributed by atoms with E-state index in [0.29, 0.717) is 24.1 Å². The lowest BCUT2D eigenvalue weighted by Crippen LogP contribution is -2.41. The zero-order valence-electron chi connectivity index (χ0n) is 13.0. The summed E-state index contributed by atoms with van der Waals surface area (Å²) in [4.78, 5) is 14.4. The number of nitrogens with zero attached hydrogens (tertiary/aromatic N) is 1. The number of halogens is 1. The van der Waals surface area contributed by atoms with Gasteiger partial charge in [-0.05, 0) is 43.5 Å². The van der Waals surface area contributed by atoms with Crippen LogP contribution in [0.3, 0.4) is 0 Å². The summed E-state index contributed by atoms with van der Waals surface area (Å²) in [6.07, 6.45) is 2.23. The molecule has 22 heavy (non-hydrogen) atoms. The first-order valence-electron chi connectivity index (χ1n) is 7.61. The Kier molecular flexibility index (Phi) is 5.21. The van der Waals surface area contributed by atoms with Gasteiger partial charge < -0.3 is 4.90 Å². The van der Waals surface area contributed by atoms with Crippen LogP contribution in [0.2, 0.25) is 0 Å². The molecule has 0 aliphatic carbocycles. The van der Waals surface area contributed by atoms with Crippen LogP contribution < -0.4 is 0 Å². The summed E-state index contributed by atoms with van der Waals surface area (Å²) in [5.74, 6) is -0.391. The molecule has 1 aliphatic rings. The van der Waals surface area contributed by atoms with Gasteiger partial charge in [0.2, 0.25) is 0 Å². The first-order chi connectivity index (χ1) is 10.3. The summed E-state index contributed by atoms with van der Waals surface area (Å²) < 4.78 is 36.7. The molecule has 1 unspecified atom stereocenters. The maximum absolute atomic E-state index is 13.4. The number of rotatable bonds is 5. The predicted molar refractivity (Wildman–Crippen MR) is 84.1 cm³/mol. The Morgan fingerprint density at radius 1 is 1.41 bits per heavy atom. The van der Waals surface area contributed by atoms with Gasteiger partial charge in [0, 0.05) is 18.2 Å². The lowest BCUT2D eigenvalue weighted by molar-refractivity contribution is 0.0694. The topological polar surface area (TPSA) is 54.5 Å². The molecule has 6 heteroatoms. The van der Waals surface area contributed by atoms with Crippen molar-refractivity contribution in [3.63, 3.8) is 0 Å². The minimum absolute atomic E-state index is 0.0304. The van der Waals surface area contributed by atoms with Gasteiger partial charge in [0.15, 0.2) is 9.84 Å². The number of hydrogen-bond donors (Lipinski definition) is 0. The number of amides is 1. The van der Waals surface area contributed by atoms with Crippen LogP contribution in [0, 0.1) is 12.7 Å². The average Bonchev–Trinajstić information content (AvgIpc) is 2.82. The Balaban J connectivity index is 2.24. The van der Waals surface area contributed by atoms with Crippen molar-refractivity contribution in [3.05, 3.63) is 35.1 Å². The van der Waals surface area contributed by atoms with E-state index < -0.39 is 9.84 Å². The van der Waals surface area contributed by atoms with Gasteiger partial charge in [-0.15, -0.1) is 0 Å². The molecule has 4 nitrogen and oxygen atoms in total. The van der Waals surface area contributed by atoms with E-state index in [0.717, 1.165) is 12.8 Å². The van der Waals surface area contributed by atoms with Gasteiger partial charge in [0.05, 0.1) is 11.5 Å². The van der Waals surface area contributed by atoms with E-state index in [1.165, 1.54) is 18.2 Å². The molecule has 0 radical (unpaired) electrons. The van der Waals surface area contributed by atoms with Crippen LogP contribution in [-0.4, -0.2) is 43.3 Å². The van der Waals surface area contributed by atoms with Crippen molar-refractivity contribution in [2.45, 2.75) is 39.2 Å². The molecule has 0 saturated carbocycles. The number of sulfone groups is 1. The maximum Gasteiger partial charge on any atom is 0.254 e. The Hall–Kier alpha value is -1.43. The van der Waals surface area contributed by atoms with E-state index in [4.69, 9.17) is 0 Å². The van der Waals surface area contributed by atoms with E-state index in [9.17, 15) is 17.6 Å². The van der Waals surface area contributed by atoms with Gasteiger partial charge in [0.25, 0.3) is 5.91 Å². The van der Waals surface area contributed by atoms with Crippen molar-refractivity contribution >= 4 is 15.7 Å². The third kappa shape index (κ3) is 3.85. The molecule has 1 aliphatic heterocycles. The fourth-order valence-electron chi connectivity index (χ4n) is 2.74. The summed E-state index contributed by atoms with van der Waals surface area (Å²) in [5.41, 5.74) is 0.833. The van der Waals surface area contributed by atoms with E-state index in [2.05, 4.69) is 0 Å². The Labute approximate surface area is 131 Å². The van der Waals surface area contributed by atoms with Crippen LogP contribution in [0.5, 0.6) is 0 Å². The highest BCUT2D eigenvalue weighted by atomic mass is 32.2. The van der Waals surface area contributed by atoms with Crippen molar-refractivity contribution in [2.24, 2.45) is 0 Å². The smallest absolute Gasteiger partial charge is 0.254 e. The molecule has 1 saturated heterocycles. The molecule has 1 aromatic carbocycles. The number of aryl methyl sites for hydroxylation is 1. The largest absolute Gasteiger partial charge is 0.335 e. The zero-order valence-corrected chi connectivity index (χ0v) is 13.8. The van der Waals surface area contributed by atoms with Crippen molar-refractivity contribution in [2.75, 3.05) is 18.1 Å². The standard InChI is InChI=1S/C16H22FNO3S/c1-3-4-8-18(14-7-9-22(20,21)11-14)16(19)13-5-6-15(17)12(2)10-13/h5-6,10,14H,3-4,7-9,11H2,1-2H3. The molecular weight excluding hydrogens is 305 g/mol. The van der Waals surface area contributed by atoms with Gasteiger partial charge >= 0.3 is 0 Å². The number of hydrogen-bond acceptors (Lipinski definition) is 3. The summed E-state index contributed by atoms with van der Waals surface area (Å²) in [6.45, 7) is 4.17. The monoisotopic (exact) mass is 327 g/mol. The normalized spacial score (nSPS) is 20.0. The fraction of sp³-hybridized carbons (Fsp3) is 0.562. The third-order valence-corrected chi connectivity index (χ3v) is 5.82. The Morgan fingerprint density at radius 3 is 2.68 bits per heavy atom. The van der Waals surface area contributed by atoms with Crippen molar-refractivity contribution in [3.8, 4) is 0 Å². The first-order valence-corrected chi connectivity index (χ1v) is 9.43. The number of carbonyl (C=O) groups excluding carboxylic acids is 1. The average molecular weight is 327 g/mol. The molecule has 0 spiro atoms. The van der Waals surface area contributed by atoms with Crippen LogP contribution >= 0.6 is 0 Å². The number of benzene rings is 1. The SMILES string of the molecule is CCCCN(C(=O)c1ccc(F)c(C)c1)C1CCS(=O)(=O)C1. The van der Waals surface area contributed by atoms with Crippen LogP contribution in [0.4, 0.5) is 4.39 Å². The molecule has 0 N–H and O–H groups in total. The Bertz CT molecular complexity index is 657. The summed E-state index contributed by atoms with van der Waals surface area (Å²) in [5, 5.41) is 0. The van der Waals surface area contributed by atoms with E-state index in [1.54, 1.807) is 11.8 Å². The molecule has 0 bridgehead atoms. The molecule has 2 rings (SSSR count). The zero-order chi connectivity index (χ0) is 16.3. The minimum atomic E-state index is -3.05. The second-order valence-corrected chi connectivity index (χ2v) is 8.10. The van der Waals surface area contributed by atoms with Crippen molar-refractivity contribution in [1.82, 2.24) is 4.90 Å². The first kappa shape index (κ1) is 16.9. The van der Waals surface area contributed by atoms with Crippen LogP contribution in [0.15, 0.2) is 18.2 Å². The fourth-order valence-corrected chi connectivity index (χ4v) is 4.47. The lowest BCUT2D eigenvalue weighted by Gasteiger charge is -2.28. The molecular formula is C16H22FNO3S. The second kappa shape index (κ2) is 6.77. The Morgan fingerprint density at radius 2 is 2.14 bits per heavy atom. The van der Waals surface area contributed by atoms with E-state index >= 15 is 0 Å². The molecule has 1 fully saturated rings. The van der Waals surface area contributed by atoms with E-state index in [-0.39, 0.29) is 29.3 Å². The van der Waals surface area contributed by atoms with Crippen LogP contribution in [-0.2, 0) is 9.84 Å². The number of unbranched alkanes of at least 4 members (excludes halogenated alkanes) is 1. The van der Waals surface area contributed by atoms with E-state index in [1.807, 2.05) is 6.92 Å². The number of carbonyl (C=O) groups is 1. The molecule has 0 aromatic heterocycles. The third-order valence-electron chi connectivity index (χ3n) is 4.07. The van der Waals surface area contributed by atoms with Crippen molar-refractivity contribution < 1.29 is 17.6 Å². The molecule has 122 valence electrons. The van der Waals surface area contributed by atoms with Gasteiger partial charge in [-0.25, -0.2) is 12.8 Å². The van der Waals surface area contributed by atoms with Crippen LogP contribution in [0.1, 0.15) is 42.1 Å². The second-order valence-electron chi connectivity index (χ2n) is 5.87. The van der Waals surface area contributed by atoms with Gasteiger partial charge in [-0.1, -0.05) is 13.3 Å². The molecule has 1 atom stereocenters. The van der Waals surface area contributed by atoms with Gasteiger partial charge in [0.1, 0.15) is 5.82 Å². The minimum Gasteiger partial charge on any atom is -0.335 e. The lowest BCUT2D eigenvalue weighted by atomic mass is 10.1. The highest BCUT2D eigenvalue weighted by Gasteiger charge is 2.34. The quantitative estimate of drug-likeness (QED) is 0.835. The molecule has 1 amide bonds. The summed E-state index contributed by atoms with van der Waals surface area (Å²) >= 11 is 0.